The van der Waals surface area contributed by atoms with E-state index in [1.807, 2.05) is 36.4 Å². The van der Waals surface area contributed by atoms with Crippen LogP contribution in [0.15, 0.2) is 40.8 Å². The van der Waals surface area contributed by atoms with Crippen molar-refractivity contribution in [3.8, 4) is 11.5 Å². The van der Waals surface area contributed by atoms with Gasteiger partial charge in [-0.15, -0.1) is 21.5 Å². The van der Waals surface area contributed by atoms with Crippen molar-refractivity contribution in [2.45, 2.75) is 39.2 Å². The fraction of sp³-hybridized carbons (Fsp3) is 0.350. The highest BCUT2D eigenvalue weighted by molar-refractivity contribution is 7.14. The minimum absolute atomic E-state index is 0.298. The van der Waals surface area contributed by atoms with Crippen LogP contribution in [-0.4, -0.2) is 16.2 Å². The number of benzene rings is 1. The van der Waals surface area contributed by atoms with Crippen molar-refractivity contribution >= 4 is 17.3 Å². The van der Waals surface area contributed by atoms with Crippen LogP contribution in [0.2, 0.25) is 0 Å². The number of esters is 1. The van der Waals surface area contributed by atoms with Gasteiger partial charge in [0.25, 0.3) is 5.89 Å². The van der Waals surface area contributed by atoms with Crippen molar-refractivity contribution in [2.24, 2.45) is 5.92 Å². The van der Waals surface area contributed by atoms with Gasteiger partial charge in [-0.05, 0) is 55.9 Å². The fourth-order valence-corrected chi connectivity index (χ4v) is 4.26. The molecule has 0 saturated heterocycles. The predicted molar refractivity (Wildman–Crippen MR) is 99.1 cm³/mol. The number of fused-ring (bicyclic) bond motifs is 1. The van der Waals surface area contributed by atoms with E-state index in [0.717, 1.165) is 18.4 Å². The summed E-state index contributed by atoms with van der Waals surface area (Å²) in [7, 11) is 0. The van der Waals surface area contributed by atoms with Crippen molar-refractivity contribution in [1.82, 2.24) is 10.2 Å². The molecule has 4 rings (SSSR count). The first-order valence-electron chi connectivity index (χ1n) is 8.81. The molecule has 0 radical (unpaired) electrons. The second-order valence-corrected chi connectivity index (χ2v) is 7.90. The Hall–Kier alpha value is -2.47. The highest BCUT2D eigenvalue weighted by atomic mass is 32.1. The van der Waals surface area contributed by atoms with E-state index in [9.17, 15) is 4.79 Å². The standard InChI is InChI=1S/C20H20N2O3S/c1-12-8-9-16-15(10-12)11-17(26-16)20(23)24-13(2)18-21-22-19(25-18)14-6-4-3-5-7-14/h3-7,11-13H,8-10H2,1-2H3/t12-,13-/m0/s1. The van der Waals surface area contributed by atoms with Gasteiger partial charge in [-0.3, -0.25) is 0 Å². The number of carbonyl (C=O) groups is 1. The summed E-state index contributed by atoms with van der Waals surface area (Å²) in [4.78, 5) is 14.5. The Labute approximate surface area is 156 Å². The molecule has 1 aliphatic carbocycles. The first-order valence-corrected chi connectivity index (χ1v) is 9.63. The zero-order valence-electron chi connectivity index (χ0n) is 14.8. The van der Waals surface area contributed by atoms with Crippen LogP contribution in [0.5, 0.6) is 0 Å². The lowest BCUT2D eigenvalue weighted by Gasteiger charge is -2.16. The van der Waals surface area contributed by atoms with E-state index in [0.29, 0.717) is 22.6 Å². The Morgan fingerprint density at radius 2 is 2.12 bits per heavy atom. The van der Waals surface area contributed by atoms with Gasteiger partial charge >= 0.3 is 5.97 Å². The normalized spacial score (nSPS) is 17.5. The maximum absolute atomic E-state index is 12.5. The largest absolute Gasteiger partial charge is 0.448 e. The summed E-state index contributed by atoms with van der Waals surface area (Å²) in [5, 5.41) is 8.07. The van der Waals surface area contributed by atoms with Crippen LogP contribution in [0.25, 0.3) is 11.5 Å². The molecule has 0 fully saturated rings. The smallest absolute Gasteiger partial charge is 0.349 e. The number of ether oxygens (including phenoxy) is 1. The van der Waals surface area contributed by atoms with Gasteiger partial charge in [-0.2, -0.15) is 0 Å². The van der Waals surface area contributed by atoms with Crippen LogP contribution in [-0.2, 0) is 17.6 Å². The van der Waals surface area contributed by atoms with Gasteiger partial charge in [0.1, 0.15) is 4.88 Å². The van der Waals surface area contributed by atoms with Crippen LogP contribution < -0.4 is 0 Å². The SMILES string of the molecule is C[C@H]1CCc2sc(C(=O)O[C@@H](C)c3nnc(-c4ccccc4)o3)cc2C1. The molecule has 3 aromatic rings. The molecule has 0 amide bonds. The molecule has 2 heterocycles. The van der Waals surface area contributed by atoms with Crippen molar-refractivity contribution in [3.05, 3.63) is 57.6 Å². The number of hydrogen-bond donors (Lipinski definition) is 0. The Balaban J connectivity index is 1.46. The van der Waals surface area contributed by atoms with E-state index in [1.165, 1.54) is 16.9 Å². The molecule has 0 N–H and O–H groups in total. The summed E-state index contributed by atoms with van der Waals surface area (Å²) in [6.45, 7) is 4.00. The average molecular weight is 368 g/mol. The third-order valence-corrected chi connectivity index (χ3v) is 5.84. The maximum Gasteiger partial charge on any atom is 0.349 e. The first-order chi connectivity index (χ1) is 12.6. The fourth-order valence-electron chi connectivity index (χ4n) is 3.17. The van der Waals surface area contributed by atoms with Gasteiger partial charge in [-0.1, -0.05) is 25.1 Å². The molecule has 0 unspecified atom stereocenters. The van der Waals surface area contributed by atoms with Crippen molar-refractivity contribution in [1.29, 1.82) is 0 Å². The van der Waals surface area contributed by atoms with E-state index in [4.69, 9.17) is 9.15 Å². The Morgan fingerprint density at radius 3 is 2.92 bits per heavy atom. The lowest BCUT2D eigenvalue weighted by atomic mass is 9.90. The molecule has 1 aliphatic rings. The number of rotatable bonds is 4. The molecule has 2 atom stereocenters. The van der Waals surface area contributed by atoms with Crippen molar-refractivity contribution in [2.75, 3.05) is 0 Å². The third kappa shape index (κ3) is 3.42. The Bertz CT molecular complexity index is 916. The topological polar surface area (TPSA) is 65.2 Å². The quantitative estimate of drug-likeness (QED) is 0.617. The van der Waals surface area contributed by atoms with E-state index in [1.54, 1.807) is 18.3 Å². The molecule has 0 aliphatic heterocycles. The third-order valence-electron chi connectivity index (χ3n) is 4.62. The lowest BCUT2D eigenvalue weighted by molar-refractivity contribution is 0.0285. The van der Waals surface area contributed by atoms with Crippen LogP contribution in [0.3, 0.4) is 0 Å². The lowest BCUT2D eigenvalue weighted by Crippen LogP contribution is -2.08. The predicted octanol–water partition coefficient (Wildman–Crippen LogP) is 4.84. The van der Waals surface area contributed by atoms with Gasteiger partial charge in [0.15, 0.2) is 6.10 Å². The molecule has 5 nitrogen and oxygen atoms in total. The zero-order chi connectivity index (χ0) is 18.1. The van der Waals surface area contributed by atoms with Crippen LogP contribution in [0.1, 0.15) is 52.4 Å². The van der Waals surface area contributed by atoms with Gasteiger partial charge in [0.05, 0.1) is 0 Å². The summed E-state index contributed by atoms with van der Waals surface area (Å²) in [5.41, 5.74) is 2.13. The van der Waals surface area contributed by atoms with E-state index < -0.39 is 6.10 Å². The molecule has 2 aromatic heterocycles. The molecule has 134 valence electrons. The number of thiophene rings is 1. The summed E-state index contributed by atoms with van der Waals surface area (Å²) in [5.74, 6) is 1.06. The maximum atomic E-state index is 12.5. The number of hydrogen-bond acceptors (Lipinski definition) is 6. The Kier molecular flexibility index (Phi) is 4.59. The zero-order valence-corrected chi connectivity index (χ0v) is 15.6. The average Bonchev–Trinajstić information content (AvgIpc) is 3.29. The van der Waals surface area contributed by atoms with E-state index >= 15 is 0 Å². The molecular formula is C20H20N2O3S. The minimum Gasteiger partial charge on any atom is -0.448 e. The molecule has 1 aromatic carbocycles. The van der Waals surface area contributed by atoms with E-state index in [2.05, 4.69) is 17.1 Å². The molecule has 0 saturated carbocycles. The molecule has 0 bridgehead atoms. The van der Waals surface area contributed by atoms with Crippen molar-refractivity contribution < 1.29 is 13.9 Å². The summed E-state index contributed by atoms with van der Waals surface area (Å²) in [6, 6.07) is 11.5. The second-order valence-electron chi connectivity index (χ2n) is 6.77. The second kappa shape index (κ2) is 7.03. The molecule has 26 heavy (non-hydrogen) atoms. The number of nitrogens with zero attached hydrogens (tertiary/aromatic N) is 2. The Morgan fingerprint density at radius 1 is 1.31 bits per heavy atom. The molecule has 6 heteroatoms. The molecular weight excluding hydrogens is 348 g/mol. The van der Waals surface area contributed by atoms with Crippen molar-refractivity contribution in [3.63, 3.8) is 0 Å². The summed E-state index contributed by atoms with van der Waals surface area (Å²) < 4.78 is 11.2. The number of aryl methyl sites for hydroxylation is 1. The van der Waals surface area contributed by atoms with Crippen LogP contribution >= 0.6 is 11.3 Å². The number of aromatic nitrogens is 2. The van der Waals surface area contributed by atoms with Gasteiger partial charge < -0.3 is 9.15 Å². The highest BCUT2D eigenvalue weighted by Crippen LogP contribution is 2.33. The number of carbonyl (C=O) groups excluding carboxylic acids is 1. The van der Waals surface area contributed by atoms with E-state index in [-0.39, 0.29) is 5.97 Å². The summed E-state index contributed by atoms with van der Waals surface area (Å²) >= 11 is 1.54. The highest BCUT2D eigenvalue weighted by Gasteiger charge is 2.24. The van der Waals surface area contributed by atoms with Gasteiger partial charge in [0, 0.05) is 10.4 Å². The molecule has 0 spiro atoms. The minimum atomic E-state index is -0.592. The monoisotopic (exact) mass is 368 g/mol. The summed E-state index contributed by atoms with van der Waals surface area (Å²) in [6.07, 6.45) is 2.68. The van der Waals surface area contributed by atoms with Gasteiger partial charge in [0.2, 0.25) is 5.89 Å². The first kappa shape index (κ1) is 17.0. The van der Waals surface area contributed by atoms with Crippen LogP contribution in [0, 0.1) is 5.92 Å². The van der Waals surface area contributed by atoms with Crippen LogP contribution in [0.4, 0.5) is 0 Å². The van der Waals surface area contributed by atoms with Gasteiger partial charge in [-0.25, -0.2) is 4.79 Å².